The third kappa shape index (κ3) is 3.36. The van der Waals surface area contributed by atoms with E-state index in [9.17, 15) is 0 Å². The van der Waals surface area contributed by atoms with E-state index in [2.05, 4.69) is 26.0 Å². The quantitative estimate of drug-likeness (QED) is 0.856. The summed E-state index contributed by atoms with van der Waals surface area (Å²) in [5.74, 6) is 1.72. The van der Waals surface area contributed by atoms with Crippen LogP contribution in [0.25, 0.3) is 0 Å². The fraction of sp³-hybridized carbons (Fsp3) is 0.294. The Labute approximate surface area is 115 Å². The summed E-state index contributed by atoms with van der Waals surface area (Å²) in [6.07, 6.45) is 1.91. The first-order chi connectivity index (χ1) is 9.24. The van der Waals surface area contributed by atoms with Crippen LogP contribution in [-0.4, -0.2) is 0 Å². The molecular weight excluding hydrogens is 234 g/mol. The highest BCUT2D eigenvalue weighted by Gasteiger charge is 2.10. The Balaban J connectivity index is 2.27. The predicted molar refractivity (Wildman–Crippen MR) is 79.6 cm³/mol. The standard InChI is InChI=1S/C17H21NO/c1-3-13-8-7-9-14(12-13)19-17-11-6-5-10-15(17)16(18)4-2/h5-12,16H,3-4,18H2,1-2H3/t16-/m0/s1. The molecule has 19 heavy (non-hydrogen) atoms. The summed E-state index contributed by atoms with van der Waals surface area (Å²) in [4.78, 5) is 0. The molecule has 2 nitrogen and oxygen atoms in total. The lowest BCUT2D eigenvalue weighted by atomic mass is 10.0. The van der Waals surface area contributed by atoms with E-state index in [1.54, 1.807) is 0 Å². The van der Waals surface area contributed by atoms with Crippen molar-refractivity contribution in [3.63, 3.8) is 0 Å². The smallest absolute Gasteiger partial charge is 0.132 e. The fourth-order valence-electron chi connectivity index (χ4n) is 2.06. The second kappa shape index (κ2) is 6.39. The van der Waals surface area contributed by atoms with Gasteiger partial charge in [0.1, 0.15) is 11.5 Å². The van der Waals surface area contributed by atoms with Gasteiger partial charge in [0.2, 0.25) is 0 Å². The molecule has 2 aromatic carbocycles. The number of benzene rings is 2. The summed E-state index contributed by atoms with van der Waals surface area (Å²) in [5.41, 5.74) is 8.46. The zero-order chi connectivity index (χ0) is 13.7. The number of aryl methyl sites for hydroxylation is 1. The van der Waals surface area contributed by atoms with Crippen LogP contribution in [0, 0.1) is 0 Å². The molecule has 0 fully saturated rings. The molecule has 2 heteroatoms. The molecule has 0 amide bonds. The maximum atomic E-state index is 6.12. The Bertz CT molecular complexity index is 536. The van der Waals surface area contributed by atoms with Crippen LogP contribution in [0.1, 0.15) is 37.4 Å². The number of rotatable bonds is 5. The number of hydrogen-bond acceptors (Lipinski definition) is 2. The van der Waals surface area contributed by atoms with Crippen LogP contribution < -0.4 is 10.5 Å². The Hall–Kier alpha value is -1.80. The molecule has 2 aromatic rings. The van der Waals surface area contributed by atoms with Gasteiger partial charge in [-0.05, 0) is 36.6 Å². The van der Waals surface area contributed by atoms with Crippen molar-refractivity contribution in [2.75, 3.05) is 0 Å². The van der Waals surface area contributed by atoms with E-state index in [1.165, 1.54) is 5.56 Å². The van der Waals surface area contributed by atoms with E-state index in [1.807, 2.05) is 36.4 Å². The monoisotopic (exact) mass is 255 g/mol. The summed E-state index contributed by atoms with van der Waals surface area (Å²) in [5, 5.41) is 0. The van der Waals surface area contributed by atoms with Crippen molar-refractivity contribution in [2.45, 2.75) is 32.7 Å². The van der Waals surface area contributed by atoms with E-state index in [0.717, 1.165) is 29.9 Å². The fourth-order valence-corrected chi connectivity index (χ4v) is 2.06. The molecule has 0 unspecified atom stereocenters. The van der Waals surface area contributed by atoms with Crippen LogP contribution >= 0.6 is 0 Å². The Morgan fingerprint density at radius 2 is 1.84 bits per heavy atom. The Kier molecular flexibility index (Phi) is 4.58. The molecule has 0 bridgehead atoms. The molecule has 0 aliphatic heterocycles. The van der Waals surface area contributed by atoms with E-state index in [4.69, 9.17) is 10.5 Å². The zero-order valence-electron chi connectivity index (χ0n) is 11.6. The SMILES string of the molecule is CCc1cccc(Oc2ccccc2[C@@H](N)CC)c1. The van der Waals surface area contributed by atoms with Gasteiger partial charge < -0.3 is 10.5 Å². The molecule has 0 radical (unpaired) electrons. The van der Waals surface area contributed by atoms with E-state index >= 15 is 0 Å². The molecule has 0 aliphatic rings. The summed E-state index contributed by atoms with van der Waals surface area (Å²) >= 11 is 0. The first kappa shape index (κ1) is 13.6. The first-order valence-corrected chi connectivity index (χ1v) is 6.85. The van der Waals surface area contributed by atoms with E-state index in [0.29, 0.717) is 0 Å². The van der Waals surface area contributed by atoms with Gasteiger partial charge in [-0.15, -0.1) is 0 Å². The van der Waals surface area contributed by atoms with Crippen LogP contribution in [0.3, 0.4) is 0 Å². The number of para-hydroxylation sites is 1. The van der Waals surface area contributed by atoms with Gasteiger partial charge in [-0.3, -0.25) is 0 Å². The van der Waals surface area contributed by atoms with Gasteiger partial charge in [-0.2, -0.15) is 0 Å². The number of hydrogen-bond donors (Lipinski definition) is 1. The molecule has 2 N–H and O–H groups in total. The lowest BCUT2D eigenvalue weighted by molar-refractivity contribution is 0.468. The highest BCUT2D eigenvalue weighted by molar-refractivity contribution is 5.40. The molecule has 0 aliphatic carbocycles. The van der Waals surface area contributed by atoms with Crippen LogP contribution in [-0.2, 0) is 6.42 Å². The summed E-state index contributed by atoms with van der Waals surface area (Å²) < 4.78 is 5.99. The Morgan fingerprint density at radius 3 is 2.58 bits per heavy atom. The highest BCUT2D eigenvalue weighted by atomic mass is 16.5. The van der Waals surface area contributed by atoms with Gasteiger partial charge in [0.25, 0.3) is 0 Å². The van der Waals surface area contributed by atoms with E-state index < -0.39 is 0 Å². The molecule has 0 spiro atoms. The van der Waals surface area contributed by atoms with Crippen molar-refractivity contribution in [1.82, 2.24) is 0 Å². The molecule has 0 saturated heterocycles. The van der Waals surface area contributed by atoms with E-state index in [-0.39, 0.29) is 6.04 Å². The minimum absolute atomic E-state index is 0.0190. The first-order valence-electron chi connectivity index (χ1n) is 6.85. The van der Waals surface area contributed by atoms with Crippen LogP contribution in [0.2, 0.25) is 0 Å². The second-order valence-corrected chi connectivity index (χ2v) is 4.66. The van der Waals surface area contributed by atoms with Crippen molar-refractivity contribution >= 4 is 0 Å². The minimum atomic E-state index is 0.0190. The van der Waals surface area contributed by atoms with Gasteiger partial charge in [0.15, 0.2) is 0 Å². The average Bonchev–Trinajstić information content (AvgIpc) is 2.47. The molecule has 0 heterocycles. The van der Waals surface area contributed by atoms with Crippen molar-refractivity contribution in [3.8, 4) is 11.5 Å². The molecule has 0 aromatic heterocycles. The van der Waals surface area contributed by atoms with Gasteiger partial charge in [0.05, 0.1) is 0 Å². The zero-order valence-corrected chi connectivity index (χ0v) is 11.6. The van der Waals surface area contributed by atoms with Gasteiger partial charge in [0, 0.05) is 11.6 Å². The topological polar surface area (TPSA) is 35.2 Å². The number of ether oxygens (including phenoxy) is 1. The predicted octanol–water partition coefficient (Wildman–Crippen LogP) is 4.45. The second-order valence-electron chi connectivity index (χ2n) is 4.66. The lowest BCUT2D eigenvalue weighted by Gasteiger charge is -2.15. The number of nitrogens with two attached hydrogens (primary N) is 1. The maximum Gasteiger partial charge on any atom is 0.132 e. The normalized spacial score (nSPS) is 12.2. The maximum absolute atomic E-state index is 6.12. The molecule has 1 atom stereocenters. The van der Waals surface area contributed by atoms with Crippen LogP contribution in [0.5, 0.6) is 11.5 Å². The van der Waals surface area contributed by atoms with Crippen molar-refractivity contribution < 1.29 is 4.74 Å². The highest BCUT2D eigenvalue weighted by Crippen LogP contribution is 2.30. The summed E-state index contributed by atoms with van der Waals surface area (Å²) in [6.45, 7) is 4.22. The van der Waals surface area contributed by atoms with Gasteiger partial charge in [-0.25, -0.2) is 0 Å². The summed E-state index contributed by atoms with van der Waals surface area (Å²) in [7, 11) is 0. The third-order valence-electron chi connectivity index (χ3n) is 3.29. The molecule has 0 saturated carbocycles. The molecular formula is C17H21NO. The minimum Gasteiger partial charge on any atom is -0.457 e. The van der Waals surface area contributed by atoms with Crippen molar-refractivity contribution in [1.29, 1.82) is 0 Å². The third-order valence-corrected chi connectivity index (χ3v) is 3.29. The van der Waals surface area contributed by atoms with Gasteiger partial charge in [-0.1, -0.05) is 44.2 Å². The molecule has 100 valence electrons. The average molecular weight is 255 g/mol. The van der Waals surface area contributed by atoms with Crippen LogP contribution in [0.15, 0.2) is 48.5 Å². The van der Waals surface area contributed by atoms with Crippen molar-refractivity contribution in [2.24, 2.45) is 5.73 Å². The van der Waals surface area contributed by atoms with Crippen LogP contribution in [0.4, 0.5) is 0 Å². The summed E-state index contributed by atoms with van der Waals surface area (Å²) in [6, 6.07) is 16.2. The lowest BCUT2D eigenvalue weighted by Crippen LogP contribution is -2.09. The van der Waals surface area contributed by atoms with Crippen molar-refractivity contribution in [3.05, 3.63) is 59.7 Å². The van der Waals surface area contributed by atoms with Gasteiger partial charge >= 0.3 is 0 Å². The molecule has 2 rings (SSSR count). The largest absolute Gasteiger partial charge is 0.457 e. The Morgan fingerprint density at radius 1 is 1.05 bits per heavy atom.